The van der Waals surface area contributed by atoms with E-state index in [0.717, 1.165) is 5.56 Å². The zero-order valence-electron chi connectivity index (χ0n) is 10.9. The van der Waals surface area contributed by atoms with Crippen molar-refractivity contribution in [2.45, 2.75) is 10.3 Å². The Balaban J connectivity index is 1.99. The third kappa shape index (κ3) is 2.71. The average Bonchev–Trinajstić information content (AvgIpc) is 3.02. The van der Waals surface area contributed by atoms with Gasteiger partial charge in [0.25, 0.3) is 5.91 Å². The first-order valence-corrected chi connectivity index (χ1v) is 7.03. The summed E-state index contributed by atoms with van der Waals surface area (Å²) in [6.45, 7) is 0. The van der Waals surface area contributed by atoms with Gasteiger partial charge in [-0.1, -0.05) is 42.1 Å². The normalized spacial score (nSPS) is 12.2. The number of carbonyl (C=O) groups is 1. The van der Waals surface area contributed by atoms with Crippen LogP contribution in [0.4, 0.5) is 0 Å². The summed E-state index contributed by atoms with van der Waals surface area (Å²) in [5.74, 6) is 5.00. The van der Waals surface area contributed by atoms with Crippen LogP contribution in [0.5, 0.6) is 0 Å². The number of thioether (sulfide) groups is 1. The van der Waals surface area contributed by atoms with Gasteiger partial charge in [0.15, 0.2) is 5.65 Å². The number of hydrazine groups is 1. The van der Waals surface area contributed by atoms with Gasteiger partial charge in [-0.2, -0.15) is 0 Å². The SMILES string of the molecule is NNC(=O)C(Sc1ncnc2nc[nH]c12)c1ccccc1. The number of rotatable bonds is 4. The van der Waals surface area contributed by atoms with Crippen molar-refractivity contribution < 1.29 is 4.79 Å². The number of hydrogen-bond donors (Lipinski definition) is 3. The van der Waals surface area contributed by atoms with E-state index in [1.54, 1.807) is 6.33 Å². The van der Waals surface area contributed by atoms with Gasteiger partial charge in [0.2, 0.25) is 0 Å². The van der Waals surface area contributed by atoms with Crippen LogP contribution < -0.4 is 11.3 Å². The molecule has 4 N–H and O–H groups in total. The highest BCUT2D eigenvalue weighted by atomic mass is 32.2. The summed E-state index contributed by atoms with van der Waals surface area (Å²) < 4.78 is 0. The Morgan fingerprint density at radius 3 is 2.81 bits per heavy atom. The summed E-state index contributed by atoms with van der Waals surface area (Å²) in [5.41, 5.74) is 4.31. The van der Waals surface area contributed by atoms with Crippen LogP contribution in [0.2, 0.25) is 0 Å². The zero-order chi connectivity index (χ0) is 14.7. The predicted octanol–water partition coefficient (Wildman–Crippen LogP) is 1.18. The predicted molar refractivity (Wildman–Crippen MR) is 79.1 cm³/mol. The van der Waals surface area contributed by atoms with Crippen LogP contribution in [0.1, 0.15) is 10.8 Å². The fourth-order valence-corrected chi connectivity index (χ4v) is 2.99. The molecule has 3 aromatic rings. The second-order valence-electron chi connectivity index (χ2n) is 4.20. The van der Waals surface area contributed by atoms with E-state index in [1.165, 1.54) is 18.1 Å². The molecule has 0 aliphatic heterocycles. The van der Waals surface area contributed by atoms with Gasteiger partial charge in [-0.15, -0.1) is 0 Å². The number of benzene rings is 1. The van der Waals surface area contributed by atoms with Gasteiger partial charge in [-0.05, 0) is 5.56 Å². The minimum absolute atomic E-state index is 0.294. The molecule has 21 heavy (non-hydrogen) atoms. The molecule has 2 heterocycles. The highest BCUT2D eigenvalue weighted by Crippen LogP contribution is 2.36. The molecule has 0 fully saturated rings. The van der Waals surface area contributed by atoms with Gasteiger partial charge in [-0.25, -0.2) is 20.8 Å². The second kappa shape index (κ2) is 5.90. The molecule has 8 heteroatoms. The monoisotopic (exact) mass is 300 g/mol. The smallest absolute Gasteiger partial charge is 0.251 e. The number of nitrogens with one attached hydrogen (secondary N) is 2. The van der Waals surface area contributed by atoms with Crippen LogP contribution in [0.3, 0.4) is 0 Å². The van der Waals surface area contributed by atoms with Crippen molar-refractivity contribution in [3.05, 3.63) is 48.5 Å². The van der Waals surface area contributed by atoms with E-state index in [1.807, 2.05) is 30.3 Å². The molecule has 106 valence electrons. The fraction of sp³-hybridized carbons (Fsp3) is 0.0769. The largest absolute Gasteiger partial charge is 0.341 e. The number of H-pyrrole nitrogens is 1. The molecule has 0 saturated heterocycles. The van der Waals surface area contributed by atoms with Crippen molar-refractivity contribution in [2.24, 2.45) is 5.84 Å². The van der Waals surface area contributed by atoms with Crippen LogP contribution >= 0.6 is 11.8 Å². The van der Waals surface area contributed by atoms with Gasteiger partial charge >= 0.3 is 0 Å². The Labute approximate surface area is 124 Å². The van der Waals surface area contributed by atoms with Crippen molar-refractivity contribution in [1.29, 1.82) is 0 Å². The lowest BCUT2D eigenvalue weighted by molar-refractivity contribution is -0.120. The molecule has 0 bridgehead atoms. The maximum Gasteiger partial charge on any atom is 0.251 e. The minimum atomic E-state index is -0.502. The first-order valence-electron chi connectivity index (χ1n) is 6.15. The summed E-state index contributed by atoms with van der Waals surface area (Å²) in [7, 11) is 0. The maximum absolute atomic E-state index is 12.1. The highest BCUT2D eigenvalue weighted by molar-refractivity contribution is 8.00. The van der Waals surface area contributed by atoms with Gasteiger partial charge in [0, 0.05) is 0 Å². The molecule has 7 nitrogen and oxygen atoms in total. The Morgan fingerprint density at radius 2 is 2.05 bits per heavy atom. The van der Waals surface area contributed by atoms with Crippen molar-refractivity contribution >= 4 is 28.8 Å². The number of amides is 1. The average molecular weight is 300 g/mol. The summed E-state index contributed by atoms with van der Waals surface area (Å²) in [6.07, 6.45) is 2.97. The Bertz CT molecular complexity index is 759. The van der Waals surface area contributed by atoms with Crippen LogP contribution in [0.15, 0.2) is 48.0 Å². The summed E-state index contributed by atoms with van der Waals surface area (Å²) >= 11 is 1.29. The lowest BCUT2D eigenvalue weighted by Gasteiger charge is -2.14. The highest BCUT2D eigenvalue weighted by Gasteiger charge is 2.23. The maximum atomic E-state index is 12.1. The fourth-order valence-electron chi connectivity index (χ4n) is 1.92. The molecule has 2 aromatic heterocycles. The molecular formula is C13H12N6OS. The van der Waals surface area contributed by atoms with E-state index in [4.69, 9.17) is 5.84 Å². The van der Waals surface area contributed by atoms with Crippen molar-refractivity contribution in [3.63, 3.8) is 0 Å². The van der Waals surface area contributed by atoms with Gasteiger partial charge in [0.05, 0.1) is 6.33 Å². The number of nitrogens with zero attached hydrogens (tertiary/aromatic N) is 3. The van der Waals surface area contributed by atoms with Gasteiger partial charge in [-0.3, -0.25) is 10.2 Å². The molecule has 0 spiro atoms. The lowest BCUT2D eigenvalue weighted by Crippen LogP contribution is -2.33. The first-order chi connectivity index (χ1) is 10.3. The third-order valence-corrected chi connectivity index (χ3v) is 4.16. The number of nitrogens with two attached hydrogens (primary N) is 1. The van der Waals surface area contributed by atoms with E-state index >= 15 is 0 Å². The Kier molecular flexibility index (Phi) is 3.80. The molecule has 1 unspecified atom stereocenters. The second-order valence-corrected chi connectivity index (χ2v) is 5.29. The van der Waals surface area contributed by atoms with Crippen LogP contribution in [0.25, 0.3) is 11.2 Å². The molecule has 0 aliphatic carbocycles. The summed E-state index contributed by atoms with van der Waals surface area (Å²) in [6, 6.07) is 9.39. The summed E-state index contributed by atoms with van der Waals surface area (Å²) in [5, 5.41) is 0.146. The minimum Gasteiger partial charge on any atom is -0.341 e. The molecule has 0 saturated carbocycles. The van der Waals surface area contributed by atoms with E-state index in [0.29, 0.717) is 16.2 Å². The first kappa shape index (κ1) is 13.5. The van der Waals surface area contributed by atoms with E-state index in [2.05, 4.69) is 25.4 Å². The Hall–Kier alpha value is -2.45. The lowest BCUT2D eigenvalue weighted by atomic mass is 10.1. The number of imidazole rings is 1. The zero-order valence-corrected chi connectivity index (χ0v) is 11.7. The van der Waals surface area contributed by atoms with Gasteiger partial charge in [0.1, 0.15) is 22.1 Å². The van der Waals surface area contributed by atoms with Crippen LogP contribution in [-0.4, -0.2) is 25.8 Å². The van der Waals surface area contributed by atoms with Crippen LogP contribution in [0, 0.1) is 0 Å². The number of carbonyl (C=O) groups excluding carboxylic acids is 1. The molecular weight excluding hydrogens is 288 g/mol. The molecule has 0 aliphatic rings. The van der Waals surface area contributed by atoms with E-state index in [9.17, 15) is 4.79 Å². The van der Waals surface area contributed by atoms with Gasteiger partial charge < -0.3 is 4.98 Å². The molecule has 3 rings (SSSR count). The van der Waals surface area contributed by atoms with E-state index < -0.39 is 5.25 Å². The van der Waals surface area contributed by atoms with E-state index in [-0.39, 0.29) is 5.91 Å². The van der Waals surface area contributed by atoms with Crippen LogP contribution in [-0.2, 0) is 4.79 Å². The topological polar surface area (TPSA) is 110 Å². The van der Waals surface area contributed by atoms with Crippen molar-refractivity contribution in [3.8, 4) is 0 Å². The van der Waals surface area contributed by atoms with Crippen molar-refractivity contribution in [2.75, 3.05) is 0 Å². The number of aromatic nitrogens is 4. The number of aromatic amines is 1. The standard InChI is InChI=1S/C13H12N6OS/c14-19-12(20)10(8-4-2-1-3-5-8)21-13-9-11(16-6-15-9)17-7-18-13/h1-7,10H,14H2,(H,19,20)(H,15,16,17,18). The third-order valence-electron chi connectivity index (χ3n) is 2.90. The number of hydrogen-bond acceptors (Lipinski definition) is 6. The summed E-state index contributed by atoms with van der Waals surface area (Å²) in [4.78, 5) is 27.4. The molecule has 1 amide bonds. The quantitative estimate of drug-likeness (QED) is 0.219. The molecule has 1 atom stereocenters. The number of fused-ring (bicyclic) bond motifs is 1. The Morgan fingerprint density at radius 1 is 1.24 bits per heavy atom. The molecule has 0 radical (unpaired) electrons. The molecule has 1 aromatic carbocycles. The van der Waals surface area contributed by atoms with Crippen molar-refractivity contribution in [1.82, 2.24) is 25.4 Å².